The Morgan fingerprint density at radius 2 is 2.11 bits per heavy atom. The van der Waals surface area contributed by atoms with Crippen LogP contribution in [0.4, 0.5) is 5.69 Å². The highest BCUT2D eigenvalue weighted by Crippen LogP contribution is 2.29. The molecule has 0 bridgehead atoms. The summed E-state index contributed by atoms with van der Waals surface area (Å²) >= 11 is 6.04. The van der Waals surface area contributed by atoms with E-state index in [2.05, 4.69) is 4.90 Å². The fourth-order valence-corrected chi connectivity index (χ4v) is 2.78. The maximum atomic E-state index is 9.63. The Morgan fingerprint density at radius 1 is 1.47 bits per heavy atom. The first kappa shape index (κ1) is 14.2. The van der Waals surface area contributed by atoms with Crippen LogP contribution in [-0.2, 0) is 0 Å². The van der Waals surface area contributed by atoms with Crippen LogP contribution in [0.15, 0.2) is 18.2 Å². The largest absolute Gasteiger partial charge is 0.393 e. The van der Waals surface area contributed by atoms with E-state index in [4.69, 9.17) is 22.7 Å². The third kappa shape index (κ3) is 3.19. The van der Waals surface area contributed by atoms with Gasteiger partial charge in [-0.1, -0.05) is 11.6 Å². The third-order valence-electron chi connectivity index (χ3n) is 3.81. The lowest BCUT2D eigenvalue weighted by Crippen LogP contribution is -2.38. The van der Waals surface area contributed by atoms with E-state index in [0.29, 0.717) is 10.9 Å². The fraction of sp³-hybridized carbons (Fsp3) is 0.500. The first-order valence-electron chi connectivity index (χ1n) is 6.56. The Balaban J connectivity index is 2.19. The molecule has 1 saturated heterocycles. The van der Waals surface area contributed by atoms with Crippen LogP contribution >= 0.6 is 11.6 Å². The van der Waals surface area contributed by atoms with E-state index in [1.807, 2.05) is 13.0 Å². The Hall–Kier alpha value is -1.26. The van der Waals surface area contributed by atoms with Crippen molar-refractivity contribution in [3.05, 3.63) is 28.8 Å². The van der Waals surface area contributed by atoms with Crippen LogP contribution in [0.3, 0.4) is 0 Å². The number of amidine groups is 1. The number of rotatable bonds is 3. The quantitative estimate of drug-likeness (QED) is 0.587. The number of nitrogens with two attached hydrogens (primary N) is 1. The van der Waals surface area contributed by atoms with E-state index < -0.39 is 0 Å². The van der Waals surface area contributed by atoms with Gasteiger partial charge in [0.25, 0.3) is 0 Å². The maximum Gasteiger partial charge on any atom is 0.124 e. The topological polar surface area (TPSA) is 73.3 Å². The summed E-state index contributed by atoms with van der Waals surface area (Å²) in [6, 6.07) is 5.41. The zero-order chi connectivity index (χ0) is 14.0. The summed E-state index contributed by atoms with van der Waals surface area (Å²) < 4.78 is 0. The molecule has 0 radical (unpaired) electrons. The van der Waals surface area contributed by atoms with Gasteiger partial charge in [0, 0.05) is 29.4 Å². The monoisotopic (exact) mass is 281 g/mol. The first-order chi connectivity index (χ1) is 8.99. The molecule has 1 aliphatic heterocycles. The molecule has 1 aromatic carbocycles. The zero-order valence-corrected chi connectivity index (χ0v) is 11.8. The smallest absolute Gasteiger partial charge is 0.124 e. The number of hydrogen-bond acceptors (Lipinski definition) is 3. The number of nitrogen functional groups attached to an aromatic ring is 1. The van der Waals surface area contributed by atoms with Crippen molar-refractivity contribution in [2.45, 2.75) is 25.9 Å². The molecule has 1 atom stereocenters. The van der Waals surface area contributed by atoms with Gasteiger partial charge in [0.05, 0.1) is 6.10 Å². The second-order valence-corrected chi connectivity index (χ2v) is 5.58. The molecule has 1 unspecified atom stereocenters. The molecule has 0 saturated carbocycles. The van der Waals surface area contributed by atoms with E-state index >= 15 is 0 Å². The molecule has 0 amide bonds. The normalized spacial score (nSPS) is 18.4. The highest BCUT2D eigenvalue weighted by atomic mass is 35.5. The van der Waals surface area contributed by atoms with Crippen LogP contribution < -0.4 is 10.6 Å². The van der Waals surface area contributed by atoms with Gasteiger partial charge in [0.15, 0.2) is 0 Å². The van der Waals surface area contributed by atoms with Crippen LogP contribution in [0.25, 0.3) is 0 Å². The van der Waals surface area contributed by atoms with Crippen molar-refractivity contribution in [2.75, 3.05) is 18.0 Å². The predicted octanol–water partition coefficient (Wildman–Crippen LogP) is 2.22. The van der Waals surface area contributed by atoms with Crippen molar-refractivity contribution in [1.29, 1.82) is 5.41 Å². The summed E-state index contributed by atoms with van der Waals surface area (Å²) in [7, 11) is 0. The Morgan fingerprint density at radius 3 is 2.63 bits per heavy atom. The number of aliphatic hydroxyl groups is 1. The molecule has 5 heteroatoms. The predicted molar refractivity (Wildman–Crippen MR) is 79.1 cm³/mol. The molecule has 4 N–H and O–H groups in total. The lowest BCUT2D eigenvalue weighted by Gasteiger charge is -2.35. The van der Waals surface area contributed by atoms with Gasteiger partial charge in [-0.2, -0.15) is 0 Å². The molecule has 0 aliphatic carbocycles. The number of nitrogens with zero attached hydrogens (tertiary/aromatic N) is 1. The van der Waals surface area contributed by atoms with Crippen molar-refractivity contribution in [2.24, 2.45) is 11.7 Å². The standard InChI is InChI=1S/C14H20ClN3O/c1-9(19)10-4-6-18(7-5-10)13-8-11(15)2-3-12(13)14(16)17/h2-3,8-10,19H,4-7H2,1H3,(H3,16,17). The maximum absolute atomic E-state index is 9.63. The van der Waals surface area contributed by atoms with Gasteiger partial charge in [0.2, 0.25) is 0 Å². The molecule has 1 heterocycles. The molecular weight excluding hydrogens is 262 g/mol. The minimum absolute atomic E-state index is 0.0596. The molecule has 2 rings (SSSR count). The molecule has 4 nitrogen and oxygen atoms in total. The third-order valence-corrected chi connectivity index (χ3v) is 4.05. The number of halogens is 1. The Kier molecular flexibility index (Phi) is 4.32. The van der Waals surface area contributed by atoms with E-state index in [9.17, 15) is 5.11 Å². The number of piperidine rings is 1. The summed E-state index contributed by atoms with van der Waals surface area (Å²) in [5.41, 5.74) is 7.26. The van der Waals surface area contributed by atoms with E-state index in [-0.39, 0.29) is 11.9 Å². The van der Waals surface area contributed by atoms with Gasteiger partial charge in [-0.3, -0.25) is 5.41 Å². The SMILES string of the molecule is CC(O)C1CCN(c2cc(Cl)ccc2C(=N)N)CC1. The second kappa shape index (κ2) is 5.80. The molecule has 19 heavy (non-hydrogen) atoms. The highest BCUT2D eigenvalue weighted by Gasteiger charge is 2.24. The number of aliphatic hydroxyl groups excluding tert-OH is 1. The molecule has 104 valence electrons. The van der Waals surface area contributed by atoms with Gasteiger partial charge in [0.1, 0.15) is 5.84 Å². The molecule has 0 aromatic heterocycles. The zero-order valence-electron chi connectivity index (χ0n) is 11.1. The van der Waals surface area contributed by atoms with Crippen LogP contribution in [0.5, 0.6) is 0 Å². The van der Waals surface area contributed by atoms with Crippen molar-refractivity contribution in [3.8, 4) is 0 Å². The van der Waals surface area contributed by atoms with Crippen LogP contribution in [0, 0.1) is 11.3 Å². The summed E-state index contributed by atoms with van der Waals surface area (Å²) in [6.07, 6.45) is 1.64. The minimum Gasteiger partial charge on any atom is -0.393 e. The molecular formula is C14H20ClN3O. The van der Waals surface area contributed by atoms with Crippen LogP contribution in [0.2, 0.25) is 5.02 Å². The fourth-order valence-electron chi connectivity index (χ4n) is 2.62. The number of nitrogens with one attached hydrogen (secondary N) is 1. The Labute approximate surface area is 118 Å². The van der Waals surface area contributed by atoms with Crippen molar-refractivity contribution >= 4 is 23.1 Å². The summed E-state index contributed by atoms with van der Waals surface area (Å²) in [6.45, 7) is 3.56. The molecule has 1 aromatic rings. The Bertz CT molecular complexity index is 468. The van der Waals surface area contributed by atoms with Crippen LogP contribution in [0.1, 0.15) is 25.3 Å². The lowest BCUT2D eigenvalue weighted by atomic mass is 9.91. The highest BCUT2D eigenvalue weighted by molar-refractivity contribution is 6.31. The minimum atomic E-state index is -0.256. The molecule has 0 spiro atoms. The number of hydrogen-bond donors (Lipinski definition) is 3. The van der Waals surface area contributed by atoms with Crippen molar-refractivity contribution in [1.82, 2.24) is 0 Å². The van der Waals surface area contributed by atoms with Crippen molar-refractivity contribution in [3.63, 3.8) is 0 Å². The second-order valence-electron chi connectivity index (χ2n) is 5.14. The van der Waals surface area contributed by atoms with Crippen molar-refractivity contribution < 1.29 is 5.11 Å². The van der Waals surface area contributed by atoms with E-state index in [1.54, 1.807) is 12.1 Å². The average molecular weight is 282 g/mol. The van der Waals surface area contributed by atoms with E-state index in [1.165, 1.54) is 0 Å². The van der Waals surface area contributed by atoms with Crippen LogP contribution in [-0.4, -0.2) is 30.1 Å². The average Bonchev–Trinajstić information content (AvgIpc) is 2.38. The van der Waals surface area contributed by atoms with Gasteiger partial charge in [-0.05, 0) is 43.9 Å². The van der Waals surface area contributed by atoms with Gasteiger partial charge in [-0.15, -0.1) is 0 Å². The molecule has 1 aliphatic rings. The van der Waals surface area contributed by atoms with Gasteiger partial charge in [-0.25, -0.2) is 0 Å². The number of benzene rings is 1. The lowest BCUT2D eigenvalue weighted by molar-refractivity contribution is 0.110. The van der Waals surface area contributed by atoms with E-state index in [0.717, 1.165) is 37.2 Å². The summed E-state index contributed by atoms with van der Waals surface area (Å²) in [5, 5.41) is 17.9. The number of anilines is 1. The van der Waals surface area contributed by atoms with Gasteiger partial charge < -0.3 is 15.7 Å². The summed E-state index contributed by atoms with van der Waals surface area (Å²) in [5.74, 6) is 0.417. The van der Waals surface area contributed by atoms with Gasteiger partial charge >= 0.3 is 0 Å². The molecule has 1 fully saturated rings. The first-order valence-corrected chi connectivity index (χ1v) is 6.94. The summed E-state index contributed by atoms with van der Waals surface area (Å²) in [4.78, 5) is 2.20.